The number of hydrogen-bond acceptors (Lipinski definition) is 4. The van der Waals surface area contributed by atoms with E-state index in [1.807, 2.05) is 6.92 Å². The maximum absolute atomic E-state index is 12.0. The normalized spacial score (nSPS) is 19.1. The molecule has 0 saturated carbocycles. The molecular formula is C15H21ClN2O3. The van der Waals surface area contributed by atoms with Crippen molar-refractivity contribution in [1.29, 1.82) is 0 Å². The second-order valence-electron chi connectivity index (χ2n) is 5.11. The third-order valence-corrected chi connectivity index (χ3v) is 3.75. The van der Waals surface area contributed by atoms with Crippen molar-refractivity contribution in [2.24, 2.45) is 0 Å². The van der Waals surface area contributed by atoms with Crippen molar-refractivity contribution in [2.45, 2.75) is 31.9 Å². The Morgan fingerprint density at radius 3 is 3.05 bits per heavy atom. The van der Waals surface area contributed by atoms with Crippen LogP contribution in [0.3, 0.4) is 0 Å². The summed E-state index contributed by atoms with van der Waals surface area (Å²) in [5.41, 5.74) is 0.699. The molecule has 1 heterocycles. The summed E-state index contributed by atoms with van der Waals surface area (Å²) in [5, 5.41) is 6.57. The molecule has 0 aromatic heterocycles. The van der Waals surface area contributed by atoms with Crippen molar-refractivity contribution in [1.82, 2.24) is 5.32 Å². The number of anilines is 1. The van der Waals surface area contributed by atoms with Gasteiger partial charge in [-0.2, -0.15) is 0 Å². The van der Waals surface area contributed by atoms with Crippen LogP contribution in [0.15, 0.2) is 18.2 Å². The number of amides is 1. The Bertz CT molecular complexity index is 490. The summed E-state index contributed by atoms with van der Waals surface area (Å²) < 4.78 is 10.8. The van der Waals surface area contributed by atoms with E-state index in [2.05, 4.69) is 10.6 Å². The van der Waals surface area contributed by atoms with E-state index < -0.39 is 0 Å². The molecule has 1 amide bonds. The standard InChI is InChI=1S/C15H21ClN2O3/c1-10(13-4-3-7-21-13)18-15(19)9-17-12-8-11(16)5-6-14(12)20-2/h5-6,8,10,13,17H,3-4,7,9H2,1-2H3,(H,18,19)/t10-,13-/m1/s1. The molecule has 0 aliphatic carbocycles. The van der Waals surface area contributed by atoms with Crippen LogP contribution in [-0.4, -0.2) is 38.3 Å². The number of carbonyl (C=O) groups excluding carboxylic acids is 1. The molecule has 21 heavy (non-hydrogen) atoms. The van der Waals surface area contributed by atoms with Gasteiger partial charge < -0.3 is 20.1 Å². The van der Waals surface area contributed by atoms with Gasteiger partial charge in [-0.25, -0.2) is 0 Å². The summed E-state index contributed by atoms with van der Waals surface area (Å²) >= 11 is 5.95. The second-order valence-corrected chi connectivity index (χ2v) is 5.54. The van der Waals surface area contributed by atoms with Crippen molar-refractivity contribution in [3.8, 4) is 5.75 Å². The minimum Gasteiger partial charge on any atom is -0.495 e. The Hall–Kier alpha value is -1.46. The fourth-order valence-corrected chi connectivity index (χ4v) is 2.56. The Morgan fingerprint density at radius 1 is 1.57 bits per heavy atom. The predicted octanol–water partition coefficient (Wildman–Crippen LogP) is 2.44. The average Bonchev–Trinajstić information content (AvgIpc) is 2.99. The molecule has 116 valence electrons. The summed E-state index contributed by atoms with van der Waals surface area (Å²) in [6, 6.07) is 5.25. The van der Waals surface area contributed by atoms with Gasteiger partial charge in [0.25, 0.3) is 0 Å². The Kier molecular flexibility index (Phi) is 5.70. The van der Waals surface area contributed by atoms with Gasteiger partial charge in [0.1, 0.15) is 5.75 Å². The number of halogens is 1. The summed E-state index contributed by atoms with van der Waals surface area (Å²) in [6.07, 6.45) is 2.18. The third kappa shape index (κ3) is 4.51. The summed E-state index contributed by atoms with van der Waals surface area (Å²) in [4.78, 5) is 12.0. The lowest BCUT2D eigenvalue weighted by Crippen LogP contribution is -2.43. The molecular weight excluding hydrogens is 292 g/mol. The van der Waals surface area contributed by atoms with E-state index in [9.17, 15) is 4.79 Å². The highest BCUT2D eigenvalue weighted by Gasteiger charge is 2.23. The van der Waals surface area contributed by atoms with Crippen LogP contribution in [0.2, 0.25) is 5.02 Å². The molecule has 2 N–H and O–H groups in total. The third-order valence-electron chi connectivity index (χ3n) is 3.51. The van der Waals surface area contributed by atoms with Crippen LogP contribution in [0.5, 0.6) is 5.75 Å². The first-order valence-corrected chi connectivity index (χ1v) is 7.46. The van der Waals surface area contributed by atoms with Crippen molar-refractivity contribution in [2.75, 3.05) is 25.6 Å². The predicted molar refractivity (Wildman–Crippen MR) is 83.1 cm³/mol. The zero-order valence-corrected chi connectivity index (χ0v) is 13.1. The number of carbonyl (C=O) groups is 1. The second kappa shape index (κ2) is 7.52. The van der Waals surface area contributed by atoms with E-state index in [0.717, 1.165) is 19.4 Å². The first-order valence-electron chi connectivity index (χ1n) is 7.08. The van der Waals surface area contributed by atoms with Crippen LogP contribution < -0.4 is 15.4 Å². The molecule has 1 aliphatic heterocycles. The Labute approximate surface area is 130 Å². The molecule has 0 radical (unpaired) electrons. The molecule has 0 unspecified atom stereocenters. The van der Waals surface area contributed by atoms with Crippen LogP contribution in [0, 0.1) is 0 Å². The van der Waals surface area contributed by atoms with Crippen LogP contribution >= 0.6 is 11.6 Å². The van der Waals surface area contributed by atoms with Gasteiger partial charge in [0.05, 0.1) is 31.5 Å². The quantitative estimate of drug-likeness (QED) is 0.847. The minimum absolute atomic E-state index is 0.0167. The van der Waals surface area contributed by atoms with Gasteiger partial charge in [0.15, 0.2) is 0 Å². The summed E-state index contributed by atoms with van der Waals surface area (Å²) in [7, 11) is 1.58. The summed E-state index contributed by atoms with van der Waals surface area (Å²) in [5.74, 6) is 0.569. The molecule has 1 aromatic rings. The lowest BCUT2D eigenvalue weighted by Gasteiger charge is -2.20. The fraction of sp³-hybridized carbons (Fsp3) is 0.533. The highest BCUT2D eigenvalue weighted by Crippen LogP contribution is 2.27. The number of ether oxygens (including phenoxy) is 2. The zero-order chi connectivity index (χ0) is 15.2. The lowest BCUT2D eigenvalue weighted by molar-refractivity contribution is -0.120. The smallest absolute Gasteiger partial charge is 0.239 e. The molecule has 2 rings (SSSR count). The molecule has 0 spiro atoms. The molecule has 1 aliphatic rings. The highest BCUT2D eigenvalue weighted by atomic mass is 35.5. The van der Waals surface area contributed by atoms with Crippen LogP contribution in [0.4, 0.5) is 5.69 Å². The van der Waals surface area contributed by atoms with Gasteiger partial charge in [0.2, 0.25) is 5.91 Å². The van der Waals surface area contributed by atoms with E-state index in [1.165, 1.54) is 0 Å². The maximum atomic E-state index is 12.0. The summed E-state index contributed by atoms with van der Waals surface area (Å²) in [6.45, 7) is 2.91. The average molecular weight is 313 g/mol. The van der Waals surface area contributed by atoms with Gasteiger partial charge in [-0.3, -0.25) is 4.79 Å². The molecule has 6 heteroatoms. The van der Waals surface area contributed by atoms with Crippen molar-refractivity contribution < 1.29 is 14.3 Å². The first-order chi connectivity index (χ1) is 10.1. The van der Waals surface area contributed by atoms with Crippen molar-refractivity contribution in [3.05, 3.63) is 23.2 Å². The number of hydrogen-bond donors (Lipinski definition) is 2. The van der Waals surface area contributed by atoms with Crippen LogP contribution in [0.25, 0.3) is 0 Å². The minimum atomic E-state index is -0.0833. The molecule has 1 fully saturated rings. The van der Waals surface area contributed by atoms with Gasteiger partial charge in [-0.1, -0.05) is 11.6 Å². The van der Waals surface area contributed by atoms with Crippen molar-refractivity contribution >= 4 is 23.2 Å². The molecule has 1 aromatic carbocycles. The molecule has 2 atom stereocenters. The number of rotatable bonds is 6. The van der Waals surface area contributed by atoms with E-state index in [1.54, 1.807) is 25.3 Å². The van der Waals surface area contributed by atoms with E-state index in [4.69, 9.17) is 21.1 Å². The number of methoxy groups -OCH3 is 1. The molecule has 1 saturated heterocycles. The van der Waals surface area contributed by atoms with Gasteiger partial charge in [-0.05, 0) is 38.0 Å². The number of nitrogens with one attached hydrogen (secondary N) is 2. The molecule has 0 bridgehead atoms. The monoisotopic (exact) mass is 312 g/mol. The Balaban J connectivity index is 1.84. The Morgan fingerprint density at radius 2 is 2.38 bits per heavy atom. The lowest BCUT2D eigenvalue weighted by atomic mass is 10.1. The number of benzene rings is 1. The van der Waals surface area contributed by atoms with Gasteiger partial charge >= 0.3 is 0 Å². The topological polar surface area (TPSA) is 59.6 Å². The maximum Gasteiger partial charge on any atom is 0.239 e. The fourth-order valence-electron chi connectivity index (χ4n) is 2.39. The van der Waals surface area contributed by atoms with Crippen LogP contribution in [0.1, 0.15) is 19.8 Å². The van der Waals surface area contributed by atoms with Crippen LogP contribution in [-0.2, 0) is 9.53 Å². The van der Waals surface area contributed by atoms with Crippen molar-refractivity contribution in [3.63, 3.8) is 0 Å². The largest absolute Gasteiger partial charge is 0.495 e. The van der Waals surface area contributed by atoms with Gasteiger partial charge in [0, 0.05) is 11.6 Å². The van der Waals surface area contributed by atoms with E-state index >= 15 is 0 Å². The SMILES string of the molecule is COc1ccc(Cl)cc1NCC(=O)N[C@H](C)[C@H]1CCCO1. The van der Waals surface area contributed by atoms with E-state index in [0.29, 0.717) is 16.5 Å². The van der Waals surface area contributed by atoms with Gasteiger partial charge in [-0.15, -0.1) is 0 Å². The first kappa shape index (κ1) is 15.9. The van der Waals surface area contributed by atoms with E-state index in [-0.39, 0.29) is 24.6 Å². The zero-order valence-electron chi connectivity index (χ0n) is 12.3. The molecule has 5 nitrogen and oxygen atoms in total. The highest BCUT2D eigenvalue weighted by molar-refractivity contribution is 6.30.